The van der Waals surface area contributed by atoms with Crippen LogP contribution in [-0.4, -0.2) is 31.7 Å². The van der Waals surface area contributed by atoms with Crippen LogP contribution in [0.1, 0.15) is 5.56 Å². The van der Waals surface area contributed by atoms with E-state index in [9.17, 15) is 47.9 Å². The van der Waals surface area contributed by atoms with Crippen molar-refractivity contribution in [3.8, 4) is 0 Å². The number of hydrogen-bond acceptors (Lipinski definition) is 3. The zero-order chi connectivity index (χ0) is 23.9. The summed E-state index contributed by atoms with van der Waals surface area (Å²) in [6, 6.07) is 12.1. The summed E-state index contributed by atoms with van der Waals surface area (Å²) in [5.74, 6) is -14.7. The van der Waals surface area contributed by atoms with Gasteiger partial charge in [-0.3, -0.25) is 0 Å². The molecule has 0 aromatic heterocycles. The average Bonchev–Trinajstić information content (AvgIpc) is 2.66. The number of aryl methyl sites for hydroxylation is 1. The molecule has 31 heavy (non-hydrogen) atoms. The monoisotopic (exact) mass is 594 g/mol. The van der Waals surface area contributed by atoms with Gasteiger partial charge in [0.2, 0.25) is 0 Å². The van der Waals surface area contributed by atoms with E-state index in [1.807, 2.05) is 0 Å². The molecule has 0 bridgehead atoms. The minimum atomic E-state index is -7.35. The van der Waals surface area contributed by atoms with Crippen molar-refractivity contribution in [3.63, 3.8) is 0 Å². The van der Waals surface area contributed by atoms with Gasteiger partial charge in [0, 0.05) is 0 Å². The Hall–Kier alpha value is -1.55. The van der Waals surface area contributed by atoms with E-state index in [4.69, 9.17) is 0 Å². The predicted molar refractivity (Wildman–Crippen MR) is 99.9 cm³/mol. The Morgan fingerprint density at radius 3 is 1.71 bits per heavy atom. The SMILES string of the molecule is Cc1ccccc1I(OS(=O)(=O)C(F)(F)C(F)(F)C(F)(F)C(F)(F)F)c1ccccc1. The molecule has 0 saturated heterocycles. The normalized spacial score (nSPS) is 14.5. The van der Waals surface area contributed by atoms with Gasteiger partial charge in [0.15, 0.2) is 0 Å². The second-order valence-electron chi connectivity index (χ2n) is 5.97. The van der Waals surface area contributed by atoms with Gasteiger partial charge in [0.1, 0.15) is 0 Å². The van der Waals surface area contributed by atoms with Crippen LogP contribution in [0.15, 0.2) is 54.6 Å². The van der Waals surface area contributed by atoms with Gasteiger partial charge in [-0.25, -0.2) is 0 Å². The molecule has 0 aliphatic heterocycles. The van der Waals surface area contributed by atoms with Crippen LogP contribution in [0.25, 0.3) is 0 Å². The van der Waals surface area contributed by atoms with Crippen LogP contribution in [0.3, 0.4) is 0 Å². The molecule has 0 saturated carbocycles. The molecule has 3 nitrogen and oxygen atoms in total. The van der Waals surface area contributed by atoms with Crippen molar-refractivity contribution in [1.82, 2.24) is 0 Å². The molecule has 2 aromatic rings. The summed E-state index contributed by atoms with van der Waals surface area (Å²) in [4.78, 5) is 0. The molecule has 0 N–H and O–H groups in total. The topological polar surface area (TPSA) is 43.4 Å². The van der Waals surface area contributed by atoms with Crippen LogP contribution >= 0.6 is 20.2 Å². The van der Waals surface area contributed by atoms with E-state index in [-0.39, 0.29) is 7.14 Å². The molecule has 0 aliphatic rings. The van der Waals surface area contributed by atoms with Crippen LogP contribution in [0.4, 0.5) is 39.5 Å². The molecule has 0 amide bonds. The van der Waals surface area contributed by atoms with Crippen molar-refractivity contribution in [2.45, 2.75) is 30.2 Å². The standard InChI is InChI=1S/C17H12F9IO3S/c1-11-7-5-6-10-13(11)27(12-8-3-2-4-9-12)30-31(28,29)17(25,26)15(20,21)14(18,19)16(22,23)24/h2-10H,1H3. The molecule has 174 valence electrons. The van der Waals surface area contributed by atoms with E-state index in [1.54, 1.807) is 0 Å². The number of alkyl halides is 9. The van der Waals surface area contributed by atoms with E-state index >= 15 is 0 Å². The molecular formula is C17H12F9IO3S. The fraction of sp³-hybridized carbons (Fsp3) is 0.294. The van der Waals surface area contributed by atoms with Gasteiger partial charge in [-0.2, -0.15) is 0 Å². The van der Waals surface area contributed by atoms with Crippen LogP contribution in [0.5, 0.6) is 0 Å². The molecule has 0 atom stereocenters. The van der Waals surface area contributed by atoms with E-state index in [1.165, 1.54) is 61.5 Å². The van der Waals surface area contributed by atoms with Crippen LogP contribution in [0.2, 0.25) is 0 Å². The van der Waals surface area contributed by atoms with Crippen molar-refractivity contribution in [1.29, 1.82) is 0 Å². The fourth-order valence-corrected chi connectivity index (χ4v) is 9.46. The van der Waals surface area contributed by atoms with Gasteiger partial charge in [0.25, 0.3) is 0 Å². The Labute approximate surface area is 178 Å². The van der Waals surface area contributed by atoms with Crippen LogP contribution < -0.4 is 0 Å². The average molecular weight is 594 g/mol. The summed E-state index contributed by atoms with van der Waals surface area (Å²) in [5.41, 5.74) is 0.308. The predicted octanol–water partition coefficient (Wildman–Crippen LogP) is 6.23. The third-order valence-corrected chi connectivity index (χ3v) is 11.6. The Balaban J connectivity index is 2.60. The Bertz CT molecular complexity index is 1020. The van der Waals surface area contributed by atoms with E-state index in [2.05, 4.69) is 2.51 Å². The summed E-state index contributed by atoms with van der Waals surface area (Å²) in [5, 5.41) is -6.90. The van der Waals surface area contributed by atoms with Gasteiger partial charge in [-0.15, -0.1) is 0 Å². The second-order valence-corrected chi connectivity index (χ2v) is 12.4. The molecule has 0 spiro atoms. The number of rotatable bonds is 7. The first kappa shape index (κ1) is 25.7. The number of hydrogen-bond donors (Lipinski definition) is 0. The molecule has 0 unspecified atom stereocenters. The molecule has 0 aliphatic carbocycles. The van der Waals surface area contributed by atoms with Crippen LogP contribution in [0, 0.1) is 14.1 Å². The van der Waals surface area contributed by atoms with E-state index < -0.39 is 53.6 Å². The minimum absolute atomic E-state index is 0.00808. The Kier molecular flexibility index (Phi) is 6.98. The first-order valence-corrected chi connectivity index (χ1v) is 12.4. The molecule has 2 rings (SSSR count). The molecule has 0 fully saturated rings. The van der Waals surface area contributed by atoms with Crippen LogP contribution in [-0.2, 0) is 12.6 Å². The first-order chi connectivity index (χ1) is 14.0. The summed E-state index contributed by atoms with van der Waals surface area (Å²) in [7, 11) is -6.97. The summed E-state index contributed by atoms with van der Waals surface area (Å²) < 4.78 is 147. The van der Waals surface area contributed by atoms with Crippen molar-refractivity contribution in [2.75, 3.05) is 0 Å². The third-order valence-electron chi connectivity index (χ3n) is 3.77. The molecule has 0 heterocycles. The van der Waals surface area contributed by atoms with Crippen molar-refractivity contribution < 1.29 is 50.4 Å². The second kappa shape index (κ2) is 8.42. The van der Waals surface area contributed by atoms with E-state index in [0.29, 0.717) is 5.56 Å². The van der Waals surface area contributed by atoms with Crippen molar-refractivity contribution >= 4 is 30.4 Å². The molecule has 2 aromatic carbocycles. The Morgan fingerprint density at radius 2 is 1.23 bits per heavy atom. The maximum absolute atomic E-state index is 14.1. The number of benzene rings is 2. The molecular weight excluding hydrogens is 582 g/mol. The molecule has 0 radical (unpaired) electrons. The van der Waals surface area contributed by atoms with Gasteiger partial charge in [0.05, 0.1) is 0 Å². The van der Waals surface area contributed by atoms with Gasteiger partial charge in [-0.05, 0) is 0 Å². The summed E-state index contributed by atoms with van der Waals surface area (Å²) in [6.07, 6.45) is -7.15. The summed E-state index contributed by atoms with van der Waals surface area (Å²) >= 11 is -4.04. The van der Waals surface area contributed by atoms with Gasteiger partial charge < -0.3 is 0 Å². The first-order valence-electron chi connectivity index (χ1n) is 7.93. The van der Waals surface area contributed by atoms with Gasteiger partial charge >= 0.3 is 178 Å². The fourth-order valence-electron chi connectivity index (χ4n) is 2.10. The quantitative estimate of drug-likeness (QED) is 0.282. The number of halogens is 10. The molecule has 14 heteroatoms. The van der Waals surface area contributed by atoms with Crippen molar-refractivity contribution in [2.24, 2.45) is 0 Å². The Morgan fingerprint density at radius 1 is 0.742 bits per heavy atom. The third kappa shape index (κ3) is 4.51. The summed E-state index contributed by atoms with van der Waals surface area (Å²) in [6.45, 7) is 1.42. The van der Waals surface area contributed by atoms with E-state index in [0.717, 1.165) is 0 Å². The van der Waals surface area contributed by atoms with Crippen molar-refractivity contribution in [3.05, 3.63) is 67.3 Å². The van der Waals surface area contributed by atoms with Gasteiger partial charge in [-0.1, -0.05) is 0 Å². The zero-order valence-electron chi connectivity index (χ0n) is 15.1. The maximum atomic E-state index is 14.1. The zero-order valence-corrected chi connectivity index (χ0v) is 18.1.